The fraction of sp³-hybridized carbons (Fsp3) is 0.211. The number of rotatable bonds is 4. The van der Waals surface area contributed by atoms with Crippen LogP contribution in [0.1, 0.15) is 25.5 Å². The van der Waals surface area contributed by atoms with E-state index >= 15 is 0 Å². The van der Waals surface area contributed by atoms with Gasteiger partial charge in [0.15, 0.2) is 5.82 Å². The van der Waals surface area contributed by atoms with Gasteiger partial charge in [0.1, 0.15) is 24.2 Å². The topological polar surface area (TPSA) is 113 Å². The molecule has 11 heteroatoms. The van der Waals surface area contributed by atoms with Crippen LogP contribution in [0.4, 0.5) is 0 Å². The number of benzene rings is 1. The van der Waals surface area contributed by atoms with Gasteiger partial charge in [-0.1, -0.05) is 6.07 Å². The second kappa shape index (κ2) is 7.29. The third kappa shape index (κ3) is 3.48. The van der Waals surface area contributed by atoms with Gasteiger partial charge in [-0.15, -0.1) is 10.2 Å². The van der Waals surface area contributed by atoms with Crippen molar-refractivity contribution in [2.75, 3.05) is 0 Å². The first-order valence-corrected chi connectivity index (χ1v) is 11.3. The van der Waals surface area contributed by atoms with Crippen LogP contribution in [0.25, 0.3) is 28.2 Å². The van der Waals surface area contributed by atoms with E-state index in [4.69, 9.17) is 10.7 Å². The first-order chi connectivity index (χ1) is 14.2. The van der Waals surface area contributed by atoms with Gasteiger partial charge in [0.05, 0.1) is 15.8 Å². The van der Waals surface area contributed by atoms with E-state index in [1.807, 2.05) is 18.4 Å². The maximum Gasteiger partial charge on any atom is 0.267 e. The van der Waals surface area contributed by atoms with Crippen molar-refractivity contribution in [2.45, 2.75) is 31.7 Å². The number of pyridine rings is 1. The Morgan fingerprint density at radius 3 is 2.60 bits per heavy atom. The first kappa shape index (κ1) is 20.2. The first-order valence-electron chi connectivity index (χ1n) is 9.01. The van der Waals surface area contributed by atoms with Crippen LogP contribution in [-0.2, 0) is 9.05 Å². The minimum absolute atomic E-state index is 0.125. The average Bonchev–Trinajstić information content (AvgIpc) is 3.17. The van der Waals surface area contributed by atoms with Crippen molar-refractivity contribution in [1.29, 1.82) is 0 Å². The fourth-order valence-electron chi connectivity index (χ4n) is 3.16. The quantitative estimate of drug-likeness (QED) is 0.444. The molecule has 0 fully saturated rings. The smallest absolute Gasteiger partial charge is 0.267 e. The Labute approximate surface area is 176 Å². The van der Waals surface area contributed by atoms with E-state index in [-0.39, 0.29) is 16.3 Å². The van der Waals surface area contributed by atoms with Crippen LogP contribution in [0.15, 0.2) is 52.7 Å². The van der Waals surface area contributed by atoms with Gasteiger partial charge >= 0.3 is 0 Å². The third-order valence-corrected chi connectivity index (χ3v) is 6.12. The summed E-state index contributed by atoms with van der Waals surface area (Å²) in [6.45, 7) is 5.59. The Balaban J connectivity index is 1.90. The lowest BCUT2D eigenvalue weighted by Gasteiger charge is -2.11. The zero-order valence-corrected chi connectivity index (χ0v) is 17.9. The molecule has 0 aliphatic heterocycles. The Kier molecular flexibility index (Phi) is 4.91. The molecule has 0 atom stereocenters. The number of aromatic nitrogens is 6. The minimum atomic E-state index is -4.01. The molecule has 1 aromatic carbocycles. The number of hydrogen-bond acceptors (Lipinski definition) is 7. The van der Waals surface area contributed by atoms with Crippen molar-refractivity contribution in [3.8, 4) is 17.3 Å². The molecule has 3 aromatic heterocycles. The van der Waals surface area contributed by atoms with Crippen LogP contribution in [0.3, 0.4) is 0 Å². The second-order valence-electron chi connectivity index (χ2n) is 7.03. The Morgan fingerprint density at radius 1 is 1.13 bits per heavy atom. The number of aryl methyl sites for hydroxylation is 1. The molecule has 9 nitrogen and oxygen atoms in total. The summed E-state index contributed by atoms with van der Waals surface area (Å²) < 4.78 is 26.8. The highest BCUT2D eigenvalue weighted by atomic mass is 35.7. The zero-order valence-electron chi connectivity index (χ0n) is 16.3. The fourth-order valence-corrected chi connectivity index (χ4v) is 4.37. The summed E-state index contributed by atoms with van der Waals surface area (Å²) in [6, 6.07) is 8.07. The molecule has 0 radical (unpaired) electrons. The van der Waals surface area contributed by atoms with Gasteiger partial charge in [-0.05, 0) is 50.6 Å². The van der Waals surface area contributed by atoms with E-state index in [2.05, 4.69) is 20.2 Å². The molecule has 0 saturated carbocycles. The standard InChI is InChI=1S/C19H17ClN6O3S/c1-11(2)25-10-22-24-18(25)14-5-4-6-17(23-14)26-9-21-15-7-12(3)16(30(20,28)29)8-13(15)19(26)27/h4-11H,1-3H3. The van der Waals surface area contributed by atoms with Crippen LogP contribution >= 0.6 is 10.7 Å². The van der Waals surface area contributed by atoms with Gasteiger partial charge in [0, 0.05) is 16.7 Å². The van der Waals surface area contributed by atoms with Crippen LogP contribution in [0.5, 0.6) is 0 Å². The summed E-state index contributed by atoms with van der Waals surface area (Å²) in [6.07, 6.45) is 2.98. The lowest BCUT2D eigenvalue weighted by Crippen LogP contribution is -2.20. The molecule has 4 aromatic rings. The summed E-state index contributed by atoms with van der Waals surface area (Å²) in [4.78, 5) is 21.8. The van der Waals surface area contributed by atoms with E-state index in [9.17, 15) is 13.2 Å². The van der Waals surface area contributed by atoms with Crippen LogP contribution in [0.2, 0.25) is 0 Å². The molecular formula is C19H17ClN6O3S. The minimum Gasteiger partial charge on any atom is -0.310 e. The number of fused-ring (bicyclic) bond motifs is 1. The number of hydrogen-bond donors (Lipinski definition) is 0. The Bertz CT molecular complexity index is 1440. The van der Waals surface area contributed by atoms with E-state index in [1.54, 1.807) is 31.5 Å². The highest BCUT2D eigenvalue weighted by Gasteiger charge is 2.18. The van der Waals surface area contributed by atoms with Gasteiger partial charge in [-0.2, -0.15) is 0 Å². The second-order valence-corrected chi connectivity index (χ2v) is 9.56. The zero-order chi connectivity index (χ0) is 21.6. The average molecular weight is 445 g/mol. The van der Waals surface area contributed by atoms with Gasteiger partial charge in [0.25, 0.3) is 14.6 Å². The molecule has 30 heavy (non-hydrogen) atoms. The number of halogens is 1. The SMILES string of the molecule is Cc1cc2ncn(-c3cccc(-c4nncn4C(C)C)n3)c(=O)c2cc1S(=O)(=O)Cl. The molecule has 4 rings (SSSR count). The monoisotopic (exact) mass is 444 g/mol. The van der Waals surface area contributed by atoms with Gasteiger partial charge in [0.2, 0.25) is 0 Å². The molecule has 0 spiro atoms. The van der Waals surface area contributed by atoms with Crippen molar-refractivity contribution < 1.29 is 8.42 Å². The molecule has 3 heterocycles. The van der Waals surface area contributed by atoms with Crippen LogP contribution in [0, 0.1) is 6.92 Å². The van der Waals surface area contributed by atoms with Gasteiger partial charge < -0.3 is 4.57 Å². The molecule has 0 unspecified atom stereocenters. The number of nitrogens with zero attached hydrogens (tertiary/aromatic N) is 6. The van der Waals surface area contributed by atoms with E-state index in [0.717, 1.165) is 0 Å². The van der Waals surface area contributed by atoms with Crippen molar-refractivity contribution in [2.24, 2.45) is 0 Å². The van der Waals surface area contributed by atoms with Crippen LogP contribution in [-0.4, -0.2) is 37.7 Å². The van der Waals surface area contributed by atoms with Crippen molar-refractivity contribution in [1.82, 2.24) is 29.3 Å². The van der Waals surface area contributed by atoms with E-state index in [1.165, 1.54) is 23.0 Å². The predicted molar refractivity (Wildman–Crippen MR) is 112 cm³/mol. The molecule has 0 saturated heterocycles. The highest BCUT2D eigenvalue weighted by Crippen LogP contribution is 2.24. The van der Waals surface area contributed by atoms with Gasteiger partial charge in [-0.3, -0.25) is 9.36 Å². The highest BCUT2D eigenvalue weighted by molar-refractivity contribution is 8.13. The maximum absolute atomic E-state index is 13.1. The molecular weight excluding hydrogens is 428 g/mol. The summed E-state index contributed by atoms with van der Waals surface area (Å²) >= 11 is 0. The van der Waals surface area contributed by atoms with Crippen LogP contribution < -0.4 is 5.56 Å². The van der Waals surface area contributed by atoms with Gasteiger partial charge in [-0.25, -0.2) is 18.4 Å². The summed E-state index contributed by atoms with van der Waals surface area (Å²) in [5, 5.41) is 8.20. The van der Waals surface area contributed by atoms with E-state index < -0.39 is 14.6 Å². The summed E-state index contributed by atoms with van der Waals surface area (Å²) in [5.41, 5.74) is 0.860. The molecule has 0 aliphatic carbocycles. The molecule has 0 aliphatic rings. The van der Waals surface area contributed by atoms with Crippen molar-refractivity contribution >= 4 is 30.6 Å². The third-order valence-electron chi connectivity index (χ3n) is 4.66. The normalized spacial score (nSPS) is 12.0. The Hall–Kier alpha value is -3.11. The largest absolute Gasteiger partial charge is 0.310 e. The summed E-state index contributed by atoms with van der Waals surface area (Å²) in [7, 11) is 1.50. The van der Waals surface area contributed by atoms with Crippen molar-refractivity contribution in [3.63, 3.8) is 0 Å². The molecule has 0 bridgehead atoms. The maximum atomic E-state index is 13.1. The van der Waals surface area contributed by atoms with E-state index in [0.29, 0.717) is 28.4 Å². The lowest BCUT2D eigenvalue weighted by molar-refractivity contribution is 0.603. The van der Waals surface area contributed by atoms with Crippen molar-refractivity contribution in [3.05, 3.63) is 58.9 Å². The lowest BCUT2D eigenvalue weighted by atomic mass is 10.2. The Morgan fingerprint density at radius 2 is 1.90 bits per heavy atom. The predicted octanol–water partition coefficient (Wildman–Crippen LogP) is 2.86. The molecule has 0 N–H and O–H groups in total. The summed E-state index contributed by atoms with van der Waals surface area (Å²) in [5.74, 6) is 0.890. The molecule has 154 valence electrons. The molecule has 0 amide bonds.